The number of nitriles is 1. The maximum Gasteiger partial charge on any atom is 0.416 e. The topological polar surface area (TPSA) is 65.3 Å². The van der Waals surface area contributed by atoms with Crippen LogP contribution in [0.2, 0.25) is 0 Å². The molecule has 4 nitrogen and oxygen atoms in total. The van der Waals surface area contributed by atoms with Crippen LogP contribution in [0.4, 0.5) is 18.9 Å². The summed E-state index contributed by atoms with van der Waals surface area (Å²) in [4.78, 5) is 0. The molecule has 0 heterocycles. The molecule has 0 aliphatic heterocycles. The summed E-state index contributed by atoms with van der Waals surface area (Å²) in [6, 6.07) is 6.31. The fourth-order valence-electron chi connectivity index (χ4n) is 1.29. The zero-order valence-electron chi connectivity index (χ0n) is 9.45. The second-order valence-electron chi connectivity index (χ2n) is 3.43. The molecule has 98 valence electrons. The maximum atomic E-state index is 12.1. The lowest BCUT2D eigenvalue weighted by molar-refractivity contribution is -0.198. The van der Waals surface area contributed by atoms with Crippen molar-refractivity contribution in [3.63, 3.8) is 0 Å². The molecule has 0 bridgehead atoms. The second-order valence-corrected chi connectivity index (χ2v) is 3.43. The molecule has 0 radical (unpaired) electrons. The van der Waals surface area contributed by atoms with Gasteiger partial charge in [0.15, 0.2) is 6.10 Å². The number of hydrogen-bond donors (Lipinski definition) is 2. The Bertz CT molecular complexity index is 455. The van der Waals surface area contributed by atoms with Crippen LogP contribution in [0.15, 0.2) is 18.2 Å². The van der Waals surface area contributed by atoms with Gasteiger partial charge in [0.2, 0.25) is 0 Å². The first-order chi connectivity index (χ1) is 8.40. The van der Waals surface area contributed by atoms with Crippen LogP contribution in [0, 0.1) is 11.3 Å². The Labute approximate surface area is 102 Å². The minimum Gasteiger partial charge on any atom is -0.495 e. The van der Waals surface area contributed by atoms with Crippen LogP contribution in [0.5, 0.6) is 5.75 Å². The van der Waals surface area contributed by atoms with Gasteiger partial charge in [-0.05, 0) is 12.1 Å². The van der Waals surface area contributed by atoms with Crippen LogP contribution >= 0.6 is 0 Å². The number of alkyl halides is 3. The van der Waals surface area contributed by atoms with Gasteiger partial charge in [0.1, 0.15) is 11.8 Å². The van der Waals surface area contributed by atoms with E-state index in [1.807, 2.05) is 6.07 Å². The van der Waals surface area contributed by atoms with E-state index < -0.39 is 18.8 Å². The predicted molar refractivity (Wildman–Crippen MR) is 58.3 cm³/mol. The van der Waals surface area contributed by atoms with Crippen LogP contribution in [0.25, 0.3) is 0 Å². The predicted octanol–water partition coefficient (Wildman–Crippen LogP) is 1.90. The number of aliphatic hydroxyl groups excluding tert-OH is 1. The monoisotopic (exact) mass is 260 g/mol. The van der Waals surface area contributed by atoms with Crippen molar-refractivity contribution in [2.75, 3.05) is 19.0 Å². The van der Waals surface area contributed by atoms with E-state index in [9.17, 15) is 13.2 Å². The number of hydrogen-bond acceptors (Lipinski definition) is 4. The van der Waals surface area contributed by atoms with Crippen molar-refractivity contribution in [3.8, 4) is 11.8 Å². The molecule has 1 unspecified atom stereocenters. The summed E-state index contributed by atoms with van der Waals surface area (Å²) in [5.74, 6) is 0.239. The molecule has 0 saturated carbocycles. The SMILES string of the molecule is COc1cccc(C#N)c1NCC(O)C(F)(F)F. The summed E-state index contributed by atoms with van der Waals surface area (Å²) in [6.45, 7) is -0.751. The molecule has 0 aliphatic rings. The summed E-state index contributed by atoms with van der Waals surface area (Å²) in [7, 11) is 1.34. The third-order valence-electron chi connectivity index (χ3n) is 2.22. The van der Waals surface area contributed by atoms with E-state index in [1.54, 1.807) is 6.07 Å². The summed E-state index contributed by atoms with van der Waals surface area (Å²) in [5.41, 5.74) is 0.273. The van der Waals surface area contributed by atoms with Gasteiger partial charge in [-0.1, -0.05) is 6.07 Å². The van der Waals surface area contributed by atoms with E-state index in [-0.39, 0.29) is 17.0 Å². The number of halogens is 3. The van der Waals surface area contributed by atoms with Gasteiger partial charge in [-0.2, -0.15) is 18.4 Å². The Morgan fingerprint density at radius 1 is 1.50 bits per heavy atom. The van der Waals surface area contributed by atoms with E-state index in [0.717, 1.165) is 0 Å². The van der Waals surface area contributed by atoms with Crippen molar-refractivity contribution in [1.29, 1.82) is 5.26 Å². The number of aliphatic hydroxyl groups is 1. The Kier molecular flexibility index (Phi) is 4.39. The largest absolute Gasteiger partial charge is 0.495 e. The van der Waals surface area contributed by atoms with Crippen LogP contribution in [-0.2, 0) is 0 Å². The summed E-state index contributed by atoms with van der Waals surface area (Å²) >= 11 is 0. The normalized spacial score (nSPS) is 12.7. The Morgan fingerprint density at radius 2 is 2.17 bits per heavy atom. The smallest absolute Gasteiger partial charge is 0.416 e. The van der Waals surface area contributed by atoms with E-state index >= 15 is 0 Å². The van der Waals surface area contributed by atoms with Crippen LogP contribution in [0.3, 0.4) is 0 Å². The van der Waals surface area contributed by atoms with Crippen molar-refractivity contribution < 1.29 is 23.0 Å². The molecule has 0 saturated heterocycles. The van der Waals surface area contributed by atoms with E-state index in [1.165, 1.54) is 19.2 Å². The van der Waals surface area contributed by atoms with Gasteiger partial charge >= 0.3 is 6.18 Å². The molecule has 18 heavy (non-hydrogen) atoms. The molecular weight excluding hydrogens is 249 g/mol. The van der Waals surface area contributed by atoms with Crippen LogP contribution in [-0.4, -0.2) is 31.0 Å². The average Bonchev–Trinajstić information content (AvgIpc) is 2.34. The zero-order valence-corrected chi connectivity index (χ0v) is 9.45. The Morgan fingerprint density at radius 3 is 2.67 bits per heavy atom. The minimum atomic E-state index is -4.71. The third-order valence-corrected chi connectivity index (χ3v) is 2.22. The summed E-state index contributed by atoms with van der Waals surface area (Å²) in [5, 5.41) is 20.1. The number of benzene rings is 1. The fourth-order valence-corrected chi connectivity index (χ4v) is 1.29. The lowest BCUT2D eigenvalue weighted by atomic mass is 10.1. The first-order valence-electron chi connectivity index (χ1n) is 4.96. The third kappa shape index (κ3) is 3.28. The number of methoxy groups -OCH3 is 1. The molecule has 0 aliphatic carbocycles. The van der Waals surface area contributed by atoms with Crippen molar-refractivity contribution in [3.05, 3.63) is 23.8 Å². The van der Waals surface area contributed by atoms with Gasteiger partial charge in [0, 0.05) is 6.54 Å². The number of nitrogens with one attached hydrogen (secondary N) is 1. The Balaban J connectivity index is 2.88. The van der Waals surface area contributed by atoms with Gasteiger partial charge in [0.25, 0.3) is 0 Å². The molecular formula is C11H11F3N2O2. The highest BCUT2D eigenvalue weighted by Crippen LogP contribution is 2.28. The summed E-state index contributed by atoms with van der Waals surface area (Å²) < 4.78 is 41.3. The molecule has 0 fully saturated rings. The number of para-hydroxylation sites is 1. The van der Waals surface area contributed by atoms with Crippen molar-refractivity contribution >= 4 is 5.69 Å². The minimum absolute atomic E-state index is 0.130. The quantitative estimate of drug-likeness (QED) is 0.867. The van der Waals surface area contributed by atoms with Gasteiger partial charge in [-0.3, -0.25) is 0 Å². The molecule has 1 rings (SSSR count). The average molecular weight is 260 g/mol. The molecule has 0 spiro atoms. The van der Waals surface area contributed by atoms with Gasteiger partial charge in [-0.15, -0.1) is 0 Å². The van der Waals surface area contributed by atoms with Gasteiger partial charge in [-0.25, -0.2) is 0 Å². The lowest BCUT2D eigenvalue weighted by Gasteiger charge is -2.17. The van der Waals surface area contributed by atoms with E-state index in [2.05, 4.69) is 5.32 Å². The number of nitrogens with zero attached hydrogens (tertiary/aromatic N) is 1. The first-order valence-corrected chi connectivity index (χ1v) is 4.96. The lowest BCUT2D eigenvalue weighted by Crippen LogP contribution is -2.35. The second kappa shape index (κ2) is 5.60. The number of ether oxygens (including phenoxy) is 1. The Hall–Kier alpha value is -1.94. The highest BCUT2D eigenvalue weighted by atomic mass is 19.4. The molecule has 0 aromatic heterocycles. The first kappa shape index (κ1) is 14.1. The highest BCUT2D eigenvalue weighted by Gasteiger charge is 2.38. The molecule has 7 heteroatoms. The zero-order chi connectivity index (χ0) is 13.8. The van der Waals surface area contributed by atoms with Crippen LogP contribution in [0.1, 0.15) is 5.56 Å². The van der Waals surface area contributed by atoms with Crippen molar-refractivity contribution in [2.24, 2.45) is 0 Å². The fraction of sp³-hybridized carbons (Fsp3) is 0.364. The van der Waals surface area contributed by atoms with Crippen molar-refractivity contribution in [2.45, 2.75) is 12.3 Å². The summed E-state index contributed by atoms with van der Waals surface area (Å²) in [6.07, 6.45) is -7.21. The molecule has 1 aromatic carbocycles. The standard InChI is InChI=1S/C11H11F3N2O2/c1-18-8-4-2-3-7(5-15)10(8)16-6-9(17)11(12,13)14/h2-4,9,16-17H,6H2,1H3. The molecule has 1 aromatic rings. The van der Waals surface area contributed by atoms with Crippen molar-refractivity contribution in [1.82, 2.24) is 0 Å². The highest BCUT2D eigenvalue weighted by molar-refractivity contribution is 5.66. The molecule has 1 atom stereocenters. The number of rotatable bonds is 4. The van der Waals surface area contributed by atoms with Gasteiger partial charge < -0.3 is 15.2 Å². The van der Waals surface area contributed by atoms with E-state index in [4.69, 9.17) is 15.1 Å². The van der Waals surface area contributed by atoms with Crippen LogP contribution < -0.4 is 10.1 Å². The van der Waals surface area contributed by atoms with Gasteiger partial charge in [0.05, 0.1) is 18.4 Å². The molecule has 0 amide bonds. The van der Waals surface area contributed by atoms with E-state index in [0.29, 0.717) is 0 Å². The molecule has 2 N–H and O–H groups in total. The number of anilines is 1. The maximum absolute atomic E-state index is 12.1.